The van der Waals surface area contributed by atoms with Crippen LogP contribution in [0.5, 0.6) is 0 Å². The van der Waals surface area contributed by atoms with Gasteiger partial charge in [-0.3, -0.25) is 4.79 Å². The van der Waals surface area contributed by atoms with Gasteiger partial charge in [-0.25, -0.2) is 0 Å². The maximum Gasteiger partial charge on any atom is 0.268 e. The maximum atomic E-state index is 11.9. The molecule has 2 rings (SSSR count). The number of amides is 1. The fourth-order valence-electron chi connectivity index (χ4n) is 1.84. The summed E-state index contributed by atoms with van der Waals surface area (Å²) in [5.74, 6) is -0.0197. The van der Waals surface area contributed by atoms with Gasteiger partial charge < -0.3 is 9.88 Å². The molecule has 0 aliphatic rings. The molecule has 3 nitrogen and oxygen atoms in total. The van der Waals surface area contributed by atoms with Gasteiger partial charge in [0.1, 0.15) is 5.69 Å². The zero-order chi connectivity index (χ0) is 11.7. The highest BCUT2D eigenvalue weighted by molar-refractivity contribution is 5.98. The Labute approximate surface area is 95.1 Å². The second kappa shape index (κ2) is 4.00. The number of nitrogens with one attached hydrogen (secondary N) is 1. The van der Waals surface area contributed by atoms with E-state index in [0.29, 0.717) is 5.69 Å². The van der Waals surface area contributed by atoms with Crippen LogP contribution in [0.25, 0.3) is 10.9 Å². The summed E-state index contributed by atoms with van der Waals surface area (Å²) in [6.07, 6.45) is 0. The van der Waals surface area contributed by atoms with Crippen molar-refractivity contribution in [3.8, 4) is 0 Å². The molecule has 2 aromatic rings. The van der Waals surface area contributed by atoms with E-state index in [2.05, 4.69) is 5.32 Å². The second-order valence-electron chi connectivity index (χ2n) is 4.28. The Balaban J connectivity index is 2.45. The van der Waals surface area contributed by atoms with Gasteiger partial charge >= 0.3 is 0 Å². The van der Waals surface area contributed by atoms with Crippen molar-refractivity contribution in [1.82, 2.24) is 9.88 Å². The van der Waals surface area contributed by atoms with Gasteiger partial charge in [0, 0.05) is 24.0 Å². The lowest BCUT2D eigenvalue weighted by atomic mass is 10.2. The third kappa shape index (κ3) is 1.81. The zero-order valence-corrected chi connectivity index (χ0v) is 9.82. The normalized spacial score (nSPS) is 11.0. The van der Waals surface area contributed by atoms with Crippen molar-refractivity contribution < 1.29 is 4.79 Å². The Bertz CT molecular complexity index is 526. The first-order chi connectivity index (χ1) is 7.59. The first kappa shape index (κ1) is 10.7. The SMILES string of the molecule is CC(C)NC(=O)c1cc2ccccc2n1C. The predicted octanol–water partition coefficient (Wildman–Crippen LogP) is 2.32. The molecular formula is C13H16N2O. The fourth-order valence-corrected chi connectivity index (χ4v) is 1.84. The van der Waals surface area contributed by atoms with Crippen LogP contribution >= 0.6 is 0 Å². The topological polar surface area (TPSA) is 34.0 Å². The molecule has 84 valence electrons. The summed E-state index contributed by atoms with van der Waals surface area (Å²) >= 11 is 0. The number of para-hydroxylation sites is 1. The molecular weight excluding hydrogens is 200 g/mol. The van der Waals surface area contributed by atoms with Gasteiger partial charge in [-0.1, -0.05) is 18.2 Å². The van der Waals surface area contributed by atoms with E-state index in [1.54, 1.807) is 0 Å². The van der Waals surface area contributed by atoms with Crippen LogP contribution in [-0.2, 0) is 7.05 Å². The minimum absolute atomic E-state index is 0.0197. The summed E-state index contributed by atoms with van der Waals surface area (Å²) in [5.41, 5.74) is 1.78. The summed E-state index contributed by atoms with van der Waals surface area (Å²) in [6.45, 7) is 3.92. The molecule has 1 amide bonds. The summed E-state index contributed by atoms with van der Waals surface area (Å²) < 4.78 is 1.92. The van der Waals surface area contributed by atoms with Gasteiger partial charge in [0.05, 0.1) is 0 Å². The van der Waals surface area contributed by atoms with Crippen LogP contribution in [0, 0.1) is 0 Å². The Morgan fingerprint density at radius 1 is 1.31 bits per heavy atom. The lowest BCUT2D eigenvalue weighted by Gasteiger charge is -2.08. The van der Waals surface area contributed by atoms with Crippen molar-refractivity contribution in [1.29, 1.82) is 0 Å². The van der Waals surface area contributed by atoms with Crippen LogP contribution in [0.4, 0.5) is 0 Å². The number of carbonyl (C=O) groups is 1. The molecule has 0 unspecified atom stereocenters. The molecule has 1 aromatic carbocycles. The minimum Gasteiger partial charge on any atom is -0.349 e. The van der Waals surface area contributed by atoms with Gasteiger partial charge in [0.15, 0.2) is 0 Å². The standard InChI is InChI=1S/C13H16N2O/c1-9(2)14-13(16)12-8-10-6-4-5-7-11(10)15(12)3/h4-9H,1-3H3,(H,14,16). The molecule has 0 aliphatic carbocycles. The van der Waals surface area contributed by atoms with E-state index in [1.807, 2.05) is 55.8 Å². The summed E-state index contributed by atoms with van der Waals surface area (Å²) in [7, 11) is 1.91. The van der Waals surface area contributed by atoms with Crippen molar-refractivity contribution in [2.24, 2.45) is 7.05 Å². The van der Waals surface area contributed by atoms with E-state index in [0.717, 1.165) is 10.9 Å². The van der Waals surface area contributed by atoms with Crippen LogP contribution in [0.15, 0.2) is 30.3 Å². The highest BCUT2D eigenvalue weighted by Gasteiger charge is 2.13. The molecule has 3 heteroatoms. The molecule has 1 N–H and O–H groups in total. The smallest absolute Gasteiger partial charge is 0.268 e. The molecule has 0 aliphatic heterocycles. The Kier molecular flexibility index (Phi) is 2.69. The molecule has 0 bridgehead atoms. The van der Waals surface area contributed by atoms with Crippen molar-refractivity contribution in [2.75, 3.05) is 0 Å². The molecule has 0 saturated heterocycles. The number of fused-ring (bicyclic) bond motifs is 1. The minimum atomic E-state index is -0.0197. The largest absolute Gasteiger partial charge is 0.349 e. The van der Waals surface area contributed by atoms with E-state index < -0.39 is 0 Å². The van der Waals surface area contributed by atoms with E-state index in [-0.39, 0.29) is 11.9 Å². The molecule has 0 atom stereocenters. The third-order valence-electron chi connectivity index (χ3n) is 2.60. The molecule has 0 saturated carbocycles. The number of benzene rings is 1. The van der Waals surface area contributed by atoms with Gasteiger partial charge in [0.25, 0.3) is 5.91 Å². The van der Waals surface area contributed by atoms with Gasteiger partial charge in [0.2, 0.25) is 0 Å². The zero-order valence-electron chi connectivity index (χ0n) is 9.82. The van der Waals surface area contributed by atoms with Gasteiger partial charge in [-0.05, 0) is 26.0 Å². The quantitative estimate of drug-likeness (QED) is 0.821. The number of rotatable bonds is 2. The van der Waals surface area contributed by atoms with Crippen LogP contribution in [0.1, 0.15) is 24.3 Å². The fraction of sp³-hybridized carbons (Fsp3) is 0.308. The monoisotopic (exact) mass is 216 g/mol. The number of hydrogen-bond acceptors (Lipinski definition) is 1. The number of nitrogens with zero attached hydrogens (tertiary/aromatic N) is 1. The summed E-state index contributed by atoms with van der Waals surface area (Å²) in [6, 6.07) is 10.1. The lowest BCUT2D eigenvalue weighted by Crippen LogP contribution is -2.31. The predicted molar refractivity (Wildman–Crippen MR) is 65.5 cm³/mol. The number of aryl methyl sites for hydroxylation is 1. The number of aromatic nitrogens is 1. The van der Waals surface area contributed by atoms with E-state index in [1.165, 1.54) is 0 Å². The molecule has 1 aromatic heterocycles. The van der Waals surface area contributed by atoms with E-state index in [4.69, 9.17) is 0 Å². The average Bonchev–Trinajstić information content (AvgIpc) is 2.56. The van der Waals surface area contributed by atoms with Crippen molar-refractivity contribution in [2.45, 2.75) is 19.9 Å². The maximum absolute atomic E-state index is 11.9. The van der Waals surface area contributed by atoms with Crippen LogP contribution in [-0.4, -0.2) is 16.5 Å². The van der Waals surface area contributed by atoms with E-state index >= 15 is 0 Å². The molecule has 0 radical (unpaired) electrons. The van der Waals surface area contributed by atoms with Crippen molar-refractivity contribution in [3.63, 3.8) is 0 Å². The Hall–Kier alpha value is -1.77. The molecule has 0 spiro atoms. The highest BCUT2D eigenvalue weighted by Crippen LogP contribution is 2.18. The third-order valence-corrected chi connectivity index (χ3v) is 2.60. The highest BCUT2D eigenvalue weighted by atomic mass is 16.2. The summed E-state index contributed by atoms with van der Waals surface area (Å²) in [5, 5.41) is 4.00. The average molecular weight is 216 g/mol. The van der Waals surface area contributed by atoms with Crippen molar-refractivity contribution >= 4 is 16.8 Å². The first-order valence-corrected chi connectivity index (χ1v) is 5.45. The van der Waals surface area contributed by atoms with Gasteiger partial charge in [-0.2, -0.15) is 0 Å². The molecule has 0 fully saturated rings. The molecule has 16 heavy (non-hydrogen) atoms. The lowest BCUT2D eigenvalue weighted by molar-refractivity contribution is 0.0935. The Morgan fingerprint density at radius 2 is 2.00 bits per heavy atom. The van der Waals surface area contributed by atoms with E-state index in [9.17, 15) is 4.79 Å². The van der Waals surface area contributed by atoms with Crippen LogP contribution in [0.3, 0.4) is 0 Å². The Morgan fingerprint density at radius 3 is 2.62 bits per heavy atom. The first-order valence-electron chi connectivity index (χ1n) is 5.45. The molecule has 1 heterocycles. The van der Waals surface area contributed by atoms with Crippen LogP contribution in [0.2, 0.25) is 0 Å². The summed E-state index contributed by atoms with van der Waals surface area (Å²) in [4.78, 5) is 11.9. The van der Waals surface area contributed by atoms with Crippen LogP contribution < -0.4 is 5.32 Å². The number of carbonyl (C=O) groups excluding carboxylic acids is 1. The second-order valence-corrected chi connectivity index (χ2v) is 4.28. The van der Waals surface area contributed by atoms with Crippen molar-refractivity contribution in [3.05, 3.63) is 36.0 Å². The number of hydrogen-bond donors (Lipinski definition) is 1. The van der Waals surface area contributed by atoms with Gasteiger partial charge in [-0.15, -0.1) is 0 Å².